The number of pyridine rings is 1. The van der Waals surface area contributed by atoms with E-state index in [1.165, 1.54) is 18.7 Å². The molecule has 0 spiro atoms. The average molecular weight is 443 g/mol. The molecular weight excluding hydrogens is 419 g/mol. The van der Waals surface area contributed by atoms with Gasteiger partial charge in [-0.05, 0) is 36.1 Å². The number of benzene rings is 1. The number of thioether (sulfide) groups is 1. The number of hydrogen-bond donors (Lipinski definition) is 1. The number of carbonyl (C=O) groups excluding carboxylic acids is 2. The van der Waals surface area contributed by atoms with Gasteiger partial charge in [-0.15, -0.1) is 11.8 Å². The molecule has 0 radical (unpaired) electrons. The van der Waals surface area contributed by atoms with Crippen molar-refractivity contribution in [3.63, 3.8) is 0 Å². The van der Waals surface area contributed by atoms with E-state index in [2.05, 4.69) is 0 Å². The third-order valence-electron chi connectivity index (χ3n) is 5.83. The fraction of sp³-hybridized carbons (Fsp3) is 0.348. The van der Waals surface area contributed by atoms with Crippen molar-refractivity contribution in [1.29, 1.82) is 0 Å². The number of hydrogen-bond acceptors (Lipinski definition) is 7. The molecule has 1 aromatic carbocycles. The van der Waals surface area contributed by atoms with Crippen molar-refractivity contribution in [2.24, 2.45) is 0 Å². The standard InChI is InChI=1S/C23H23FN2O4S/c1-12-17(24)7-18-21-14(4-5-31-23(12)21)16-8-26(2)19(22(16)25-18)6-15(20(29)10-28)13(9-27)11-30-3/h6-7,9-10,20,29H,4-5,8,11H2,1-3H3/b15-13-,19-6-. The molecule has 162 valence electrons. The molecule has 8 heteroatoms. The first-order valence-corrected chi connectivity index (χ1v) is 10.9. The summed E-state index contributed by atoms with van der Waals surface area (Å²) in [4.78, 5) is 30.6. The smallest absolute Gasteiger partial charge is 0.153 e. The normalized spacial score (nSPS) is 18.2. The summed E-state index contributed by atoms with van der Waals surface area (Å²) in [5.41, 5.74) is 5.17. The summed E-state index contributed by atoms with van der Waals surface area (Å²) in [5.74, 6) is 0.580. The van der Waals surface area contributed by atoms with Crippen molar-refractivity contribution in [3.8, 4) is 0 Å². The number of nitrogens with zero attached hydrogens (tertiary/aromatic N) is 2. The van der Waals surface area contributed by atoms with Crippen LogP contribution in [0.5, 0.6) is 0 Å². The molecule has 1 N–H and O–H groups in total. The van der Waals surface area contributed by atoms with E-state index in [1.807, 2.05) is 11.9 Å². The Morgan fingerprint density at radius 2 is 2.19 bits per heavy atom. The Morgan fingerprint density at radius 3 is 2.87 bits per heavy atom. The van der Waals surface area contributed by atoms with Crippen LogP contribution in [-0.4, -0.2) is 60.2 Å². The molecule has 2 aliphatic rings. The predicted molar refractivity (Wildman–Crippen MR) is 117 cm³/mol. The number of carbonyl (C=O) groups is 2. The molecule has 2 aliphatic heterocycles. The van der Waals surface area contributed by atoms with Crippen LogP contribution in [0.2, 0.25) is 0 Å². The Hall–Kier alpha value is -2.55. The van der Waals surface area contributed by atoms with Crippen molar-refractivity contribution >= 4 is 40.9 Å². The molecule has 6 nitrogen and oxygen atoms in total. The van der Waals surface area contributed by atoms with Crippen molar-refractivity contribution in [1.82, 2.24) is 9.88 Å². The summed E-state index contributed by atoms with van der Waals surface area (Å²) in [6.45, 7) is 2.36. The van der Waals surface area contributed by atoms with Crippen LogP contribution >= 0.6 is 11.8 Å². The van der Waals surface area contributed by atoms with Crippen LogP contribution in [0, 0.1) is 12.7 Å². The summed E-state index contributed by atoms with van der Waals surface area (Å²) >= 11 is 1.66. The SMILES string of the molecule is COC/C(C=O)=C(/C=C1/c2nc3cc(F)c(C)c4c3c(c2CN1C)CCS4)C(O)C=O. The van der Waals surface area contributed by atoms with E-state index in [-0.39, 0.29) is 23.6 Å². The molecule has 4 rings (SSSR count). The maximum Gasteiger partial charge on any atom is 0.153 e. The lowest BCUT2D eigenvalue weighted by Gasteiger charge is -2.21. The molecule has 2 aromatic rings. The second kappa shape index (κ2) is 8.53. The molecule has 1 atom stereocenters. The lowest BCUT2D eigenvalue weighted by Crippen LogP contribution is -2.17. The van der Waals surface area contributed by atoms with Crippen molar-refractivity contribution in [2.45, 2.75) is 30.9 Å². The Morgan fingerprint density at radius 1 is 1.42 bits per heavy atom. The topological polar surface area (TPSA) is 79.7 Å². The van der Waals surface area contributed by atoms with Gasteiger partial charge in [0.15, 0.2) is 6.29 Å². The molecule has 0 fully saturated rings. The van der Waals surface area contributed by atoms with E-state index < -0.39 is 6.10 Å². The van der Waals surface area contributed by atoms with Crippen LogP contribution in [0.3, 0.4) is 0 Å². The highest BCUT2D eigenvalue weighted by atomic mass is 32.2. The molecule has 0 saturated heterocycles. The molecule has 0 saturated carbocycles. The summed E-state index contributed by atoms with van der Waals surface area (Å²) in [6.07, 6.45) is 1.96. The second-order valence-corrected chi connectivity index (χ2v) is 8.83. The van der Waals surface area contributed by atoms with E-state index in [1.54, 1.807) is 24.8 Å². The largest absolute Gasteiger partial charge is 0.381 e. The monoisotopic (exact) mass is 442 g/mol. The number of aromatic nitrogens is 1. The van der Waals surface area contributed by atoms with E-state index in [9.17, 15) is 19.1 Å². The van der Waals surface area contributed by atoms with Gasteiger partial charge in [0.25, 0.3) is 0 Å². The van der Waals surface area contributed by atoms with Crippen molar-refractivity contribution in [2.75, 3.05) is 26.5 Å². The van der Waals surface area contributed by atoms with Gasteiger partial charge in [-0.2, -0.15) is 0 Å². The summed E-state index contributed by atoms with van der Waals surface area (Å²) < 4.78 is 19.6. The quantitative estimate of drug-likeness (QED) is 0.544. The van der Waals surface area contributed by atoms with Crippen molar-refractivity contribution < 1.29 is 23.8 Å². The van der Waals surface area contributed by atoms with Gasteiger partial charge in [-0.3, -0.25) is 4.79 Å². The van der Waals surface area contributed by atoms with E-state index in [0.29, 0.717) is 41.6 Å². The highest BCUT2D eigenvalue weighted by Crippen LogP contribution is 2.44. The number of methoxy groups -OCH3 is 1. The number of aliphatic hydroxyl groups is 1. The fourth-order valence-electron chi connectivity index (χ4n) is 4.28. The van der Waals surface area contributed by atoms with Crippen LogP contribution in [0.1, 0.15) is 22.4 Å². The Balaban J connectivity index is 1.98. The maximum atomic E-state index is 14.6. The van der Waals surface area contributed by atoms with Gasteiger partial charge in [0.05, 0.1) is 23.5 Å². The highest BCUT2D eigenvalue weighted by molar-refractivity contribution is 7.99. The third-order valence-corrected chi connectivity index (χ3v) is 7.04. The van der Waals surface area contributed by atoms with E-state index in [0.717, 1.165) is 28.0 Å². The van der Waals surface area contributed by atoms with Gasteiger partial charge in [-0.25, -0.2) is 9.37 Å². The van der Waals surface area contributed by atoms with Gasteiger partial charge in [0.1, 0.15) is 18.2 Å². The zero-order valence-electron chi connectivity index (χ0n) is 17.6. The molecule has 0 aliphatic carbocycles. The number of halogens is 1. The van der Waals surface area contributed by atoms with E-state index >= 15 is 0 Å². The number of aryl methyl sites for hydroxylation is 1. The minimum atomic E-state index is -1.47. The van der Waals surface area contributed by atoms with Crippen LogP contribution in [0.15, 0.2) is 28.2 Å². The zero-order valence-corrected chi connectivity index (χ0v) is 18.4. The number of rotatable bonds is 6. The fourth-order valence-corrected chi connectivity index (χ4v) is 5.48. The first-order chi connectivity index (χ1) is 14.9. The Labute approximate surface area is 183 Å². The summed E-state index contributed by atoms with van der Waals surface area (Å²) in [5, 5.41) is 11.3. The number of ether oxygens (including phenoxy) is 1. The maximum absolute atomic E-state index is 14.6. The van der Waals surface area contributed by atoms with Gasteiger partial charge in [0.2, 0.25) is 0 Å². The first kappa shape index (κ1) is 21.7. The Bertz CT molecular complexity index is 1160. The van der Waals surface area contributed by atoms with Crippen molar-refractivity contribution in [3.05, 3.63) is 51.5 Å². The summed E-state index contributed by atoms with van der Waals surface area (Å²) in [7, 11) is 3.32. The van der Waals surface area contributed by atoms with Gasteiger partial charge in [-0.1, -0.05) is 0 Å². The predicted octanol–water partition coefficient (Wildman–Crippen LogP) is 2.82. The summed E-state index contributed by atoms with van der Waals surface area (Å²) in [6, 6.07) is 1.47. The van der Waals surface area contributed by atoms with Crippen LogP contribution in [0.25, 0.3) is 16.6 Å². The van der Waals surface area contributed by atoms with Crippen LogP contribution < -0.4 is 0 Å². The third kappa shape index (κ3) is 3.58. The Kier molecular flexibility index (Phi) is 5.96. The molecule has 0 amide bonds. The van der Waals surface area contributed by atoms with Gasteiger partial charge < -0.3 is 19.5 Å². The lowest BCUT2D eigenvalue weighted by atomic mass is 9.96. The average Bonchev–Trinajstić information content (AvgIpc) is 3.08. The molecule has 3 heterocycles. The second-order valence-electron chi connectivity index (χ2n) is 7.72. The molecule has 1 aromatic heterocycles. The van der Waals surface area contributed by atoms with Crippen LogP contribution in [-0.2, 0) is 27.3 Å². The first-order valence-electron chi connectivity index (χ1n) is 9.92. The number of aliphatic hydroxyl groups excluding tert-OH is 1. The zero-order chi connectivity index (χ0) is 22.3. The van der Waals surface area contributed by atoms with Gasteiger partial charge in [0, 0.05) is 53.9 Å². The molecule has 1 unspecified atom stereocenters. The minimum Gasteiger partial charge on any atom is -0.381 e. The van der Waals surface area contributed by atoms with Crippen LogP contribution in [0.4, 0.5) is 4.39 Å². The number of fused-ring (bicyclic) bond motifs is 2. The number of aldehydes is 2. The highest BCUT2D eigenvalue weighted by Gasteiger charge is 2.31. The molecular formula is C23H23FN2O4S. The lowest BCUT2D eigenvalue weighted by molar-refractivity contribution is -0.113. The van der Waals surface area contributed by atoms with Gasteiger partial charge >= 0.3 is 0 Å². The van der Waals surface area contributed by atoms with E-state index in [4.69, 9.17) is 9.72 Å². The molecule has 0 bridgehead atoms. The molecule has 31 heavy (non-hydrogen) atoms. The minimum absolute atomic E-state index is 0.0362.